The summed E-state index contributed by atoms with van der Waals surface area (Å²) in [5.41, 5.74) is 2.04. The molecule has 0 saturated carbocycles. The van der Waals surface area contributed by atoms with Crippen molar-refractivity contribution in [2.24, 2.45) is 5.16 Å². The first-order chi connectivity index (χ1) is 14.0. The summed E-state index contributed by atoms with van der Waals surface area (Å²) in [4.78, 5) is 12.5. The van der Waals surface area contributed by atoms with Gasteiger partial charge < -0.3 is 9.94 Å². The Labute approximate surface area is 174 Å². The summed E-state index contributed by atoms with van der Waals surface area (Å²) in [7, 11) is 1.54. The lowest BCUT2D eigenvalue weighted by molar-refractivity contribution is -0.117. The lowest BCUT2D eigenvalue weighted by atomic mass is 10.0. The molecular formula is C20H17BrFN3O4. The molecule has 1 aromatic heterocycles. The minimum Gasteiger partial charge on any atom is -0.496 e. The zero-order valence-electron chi connectivity index (χ0n) is 15.4. The number of rotatable bonds is 8. The summed E-state index contributed by atoms with van der Waals surface area (Å²) in [5, 5.41) is 20.3. The van der Waals surface area contributed by atoms with Crippen LogP contribution in [0.25, 0.3) is 0 Å². The minimum atomic E-state index is -0.401. The third kappa shape index (κ3) is 5.05. The number of ether oxygens (including phenoxy) is 1. The van der Waals surface area contributed by atoms with E-state index in [-0.39, 0.29) is 46.6 Å². The molecule has 3 aromatic rings. The predicted molar refractivity (Wildman–Crippen MR) is 106 cm³/mol. The van der Waals surface area contributed by atoms with Crippen LogP contribution in [0, 0.1) is 5.82 Å². The monoisotopic (exact) mass is 461 g/mol. The van der Waals surface area contributed by atoms with Gasteiger partial charge in [-0.1, -0.05) is 34.6 Å². The van der Waals surface area contributed by atoms with Crippen molar-refractivity contribution in [1.29, 1.82) is 0 Å². The number of halogens is 2. The van der Waals surface area contributed by atoms with Crippen LogP contribution in [0.1, 0.15) is 22.5 Å². The molecule has 0 aliphatic heterocycles. The number of Topliss-reactive ketones (excluding diaryl/α,β-unsaturated/α-hetero) is 1. The van der Waals surface area contributed by atoms with Gasteiger partial charge in [0.15, 0.2) is 5.69 Å². The number of ketones is 1. The molecule has 3 rings (SSSR count). The molecule has 0 saturated heterocycles. The number of hydrogen-bond donors (Lipinski definition) is 1. The number of methoxy groups -OCH3 is 1. The maximum atomic E-state index is 13.4. The second-order valence-corrected chi connectivity index (χ2v) is 7.09. The van der Waals surface area contributed by atoms with Crippen LogP contribution in [0.4, 0.5) is 4.39 Å². The summed E-state index contributed by atoms with van der Waals surface area (Å²) >= 11 is 3.12. The molecule has 0 radical (unpaired) electrons. The van der Waals surface area contributed by atoms with Crippen LogP contribution in [0.5, 0.6) is 5.75 Å². The van der Waals surface area contributed by atoms with Crippen molar-refractivity contribution in [3.05, 3.63) is 75.3 Å². The van der Waals surface area contributed by atoms with Crippen molar-refractivity contribution in [3.63, 3.8) is 0 Å². The van der Waals surface area contributed by atoms with E-state index in [9.17, 15) is 14.4 Å². The molecule has 0 unspecified atom stereocenters. The normalized spacial score (nSPS) is 11.5. The second kappa shape index (κ2) is 9.42. The highest BCUT2D eigenvalue weighted by Gasteiger charge is 2.21. The molecule has 0 atom stereocenters. The maximum Gasteiger partial charge on any atom is 0.156 e. The van der Waals surface area contributed by atoms with E-state index in [2.05, 4.69) is 31.4 Å². The maximum absolute atomic E-state index is 13.4. The number of nitrogens with zero attached hydrogens (tertiary/aromatic N) is 3. The summed E-state index contributed by atoms with van der Waals surface area (Å²) < 4.78 is 23.7. The SMILES string of the molecule is COc1ccccc1CC(=O)Cc1nonc1C(Cc1ccc(F)c(Br)c1)=NO. The Morgan fingerprint density at radius 1 is 1.21 bits per heavy atom. The van der Waals surface area contributed by atoms with Crippen molar-refractivity contribution in [2.45, 2.75) is 19.3 Å². The molecule has 29 heavy (non-hydrogen) atoms. The Kier molecular flexibility index (Phi) is 6.71. The molecule has 9 heteroatoms. The molecule has 1 N–H and O–H groups in total. The number of carbonyl (C=O) groups excluding carboxylic acids is 1. The fraction of sp³-hybridized carbons (Fsp3) is 0.200. The Hall–Kier alpha value is -3.07. The molecule has 1 heterocycles. The van der Waals surface area contributed by atoms with Gasteiger partial charge in [0.2, 0.25) is 0 Å². The average Bonchev–Trinajstić information content (AvgIpc) is 3.17. The van der Waals surface area contributed by atoms with Gasteiger partial charge in [0.1, 0.15) is 28.8 Å². The molecule has 0 aliphatic rings. The van der Waals surface area contributed by atoms with Gasteiger partial charge in [-0.05, 0) is 44.8 Å². The third-order valence-corrected chi connectivity index (χ3v) is 4.86. The number of para-hydroxylation sites is 1. The molecule has 0 amide bonds. The fourth-order valence-electron chi connectivity index (χ4n) is 2.86. The van der Waals surface area contributed by atoms with E-state index in [1.54, 1.807) is 25.3 Å². The van der Waals surface area contributed by atoms with Gasteiger partial charge in [0, 0.05) is 18.4 Å². The standard InChI is InChI=1S/C20H17BrFN3O4/c1-28-19-5-3-2-4-13(19)10-14(26)11-18-20(25-29-24-18)17(23-27)9-12-6-7-16(22)15(21)8-12/h2-8,27H,9-11H2,1H3. The Balaban J connectivity index is 1.75. The molecule has 0 spiro atoms. The lowest BCUT2D eigenvalue weighted by Crippen LogP contribution is -2.14. The molecule has 0 aliphatic carbocycles. The van der Waals surface area contributed by atoms with Crippen LogP contribution in [0.2, 0.25) is 0 Å². The topological polar surface area (TPSA) is 97.8 Å². The van der Waals surface area contributed by atoms with E-state index in [4.69, 9.17) is 9.37 Å². The van der Waals surface area contributed by atoms with Crippen molar-refractivity contribution in [2.75, 3.05) is 7.11 Å². The highest BCUT2D eigenvalue weighted by molar-refractivity contribution is 9.10. The lowest BCUT2D eigenvalue weighted by Gasteiger charge is -2.07. The summed E-state index contributed by atoms with van der Waals surface area (Å²) in [6.45, 7) is 0. The van der Waals surface area contributed by atoms with Gasteiger partial charge in [0.25, 0.3) is 0 Å². The second-order valence-electron chi connectivity index (χ2n) is 6.24. The van der Waals surface area contributed by atoms with Crippen molar-refractivity contribution >= 4 is 27.4 Å². The van der Waals surface area contributed by atoms with Gasteiger partial charge in [-0.3, -0.25) is 4.79 Å². The molecule has 0 bridgehead atoms. The van der Waals surface area contributed by atoms with E-state index in [0.29, 0.717) is 11.3 Å². The molecule has 2 aromatic carbocycles. The van der Waals surface area contributed by atoms with Crippen molar-refractivity contribution < 1.29 is 23.8 Å². The Morgan fingerprint density at radius 3 is 2.72 bits per heavy atom. The summed E-state index contributed by atoms with van der Waals surface area (Å²) in [6.07, 6.45) is 0.243. The first kappa shape index (κ1) is 20.7. The fourth-order valence-corrected chi connectivity index (χ4v) is 3.29. The van der Waals surface area contributed by atoms with E-state index in [1.807, 2.05) is 18.2 Å². The third-order valence-electron chi connectivity index (χ3n) is 4.25. The van der Waals surface area contributed by atoms with Gasteiger partial charge in [-0.15, -0.1) is 0 Å². The van der Waals surface area contributed by atoms with Crippen LogP contribution in [0.15, 0.2) is 56.7 Å². The molecule has 7 nitrogen and oxygen atoms in total. The number of carbonyl (C=O) groups is 1. The molecule has 0 fully saturated rings. The quantitative estimate of drug-likeness (QED) is 0.311. The zero-order valence-corrected chi connectivity index (χ0v) is 17.0. The highest BCUT2D eigenvalue weighted by Crippen LogP contribution is 2.20. The molecular weight excluding hydrogens is 445 g/mol. The smallest absolute Gasteiger partial charge is 0.156 e. The largest absolute Gasteiger partial charge is 0.496 e. The predicted octanol–water partition coefficient (Wildman–Crippen LogP) is 3.76. The minimum absolute atomic E-state index is 0.0526. The van der Waals surface area contributed by atoms with Gasteiger partial charge >= 0.3 is 0 Å². The first-order valence-corrected chi connectivity index (χ1v) is 9.41. The van der Waals surface area contributed by atoms with E-state index in [0.717, 1.165) is 5.56 Å². The first-order valence-electron chi connectivity index (χ1n) is 8.62. The van der Waals surface area contributed by atoms with Gasteiger partial charge in [-0.25, -0.2) is 9.02 Å². The number of aromatic nitrogens is 2. The average molecular weight is 462 g/mol. The Bertz CT molecular complexity index is 1050. The van der Waals surface area contributed by atoms with E-state index < -0.39 is 5.82 Å². The number of oxime groups is 1. The van der Waals surface area contributed by atoms with Gasteiger partial charge in [-0.2, -0.15) is 0 Å². The van der Waals surface area contributed by atoms with Crippen LogP contribution in [-0.2, 0) is 24.1 Å². The van der Waals surface area contributed by atoms with E-state index >= 15 is 0 Å². The van der Waals surface area contributed by atoms with Crippen LogP contribution in [-0.4, -0.2) is 34.1 Å². The van der Waals surface area contributed by atoms with Crippen molar-refractivity contribution in [1.82, 2.24) is 10.3 Å². The Morgan fingerprint density at radius 2 is 2.00 bits per heavy atom. The summed E-state index contributed by atoms with van der Waals surface area (Å²) in [5.74, 6) is 0.0917. The number of benzene rings is 2. The molecule has 150 valence electrons. The van der Waals surface area contributed by atoms with Gasteiger partial charge in [0.05, 0.1) is 18.0 Å². The van der Waals surface area contributed by atoms with Crippen LogP contribution >= 0.6 is 15.9 Å². The zero-order chi connectivity index (χ0) is 20.8. The number of hydrogen-bond acceptors (Lipinski definition) is 7. The van der Waals surface area contributed by atoms with E-state index in [1.165, 1.54) is 6.07 Å². The van der Waals surface area contributed by atoms with Crippen LogP contribution in [0.3, 0.4) is 0 Å². The summed E-state index contributed by atoms with van der Waals surface area (Å²) in [6, 6.07) is 11.7. The van der Waals surface area contributed by atoms with Crippen molar-refractivity contribution in [3.8, 4) is 5.75 Å². The van der Waals surface area contributed by atoms with Crippen LogP contribution < -0.4 is 4.74 Å². The highest BCUT2D eigenvalue weighted by atomic mass is 79.9.